The van der Waals surface area contributed by atoms with Crippen LogP contribution in [-0.4, -0.2) is 66.9 Å². The van der Waals surface area contributed by atoms with E-state index in [-0.39, 0.29) is 17.5 Å². The van der Waals surface area contributed by atoms with Gasteiger partial charge in [0.1, 0.15) is 5.56 Å². The first kappa shape index (κ1) is 19.3. The molecule has 3 saturated heterocycles. The predicted molar refractivity (Wildman–Crippen MR) is 110 cm³/mol. The summed E-state index contributed by atoms with van der Waals surface area (Å²) in [5.41, 5.74) is 1.27. The van der Waals surface area contributed by atoms with Crippen molar-refractivity contribution in [2.45, 2.75) is 56.7 Å². The van der Waals surface area contributed by atoms with Crippen LogP contribution in [0.1, 0.15) is 54.1 Å². The number of carbonyl (C=O) groups is 1. The van der Waals surface area contributed by atoms with Gasteiger partial charge in [-0.25, -0.2) is 0 Å². The summed E-state index contributed by atoms with van der Waals surface area (Å²) in [7, 11) is 0. The van der Waals surface area contributed by atoms with Gasteiger partial charge in [0.2, 0.25) is 0 Å². The van der Waals surface area contributed by atoms with Crippen LogP contribution in [0.5, 0.6) is 0 Å². The number of pyridine rings is 1. The number of likely N-dealkylation sites (tertiary alicyclic amines) is 1. The number of hydrogen-bond acceptors (Lipinski definition) is 5. The number of piperidine rings is 2. The van der Waals surface area contributed by atoms with Crippen LogP contribution >= 0.6 is 0 Å². The predicted octanol–water partition coefficient (Wildman–Crippen LogP) is 0.928. The molecule has 1 amide bonds. The van der Waals surface area contributed by atoms with Gasteiger partial charge in [-0.1, -0.05) is 0 Å². The third-order valence-corrected chi connectivity index (χ3v) is 7.33. The SMILES string of the molecule is O=C(NC1CCN(C2CCOCC2)CC1)c1ccc2n(c1=O)C[C@@H]1CNC[C@H]2C1. The van der Waals surface area contributed by atoms with Gasteiger partial charge < -0.3 is 24.8 Å². The van der Waals surface area contributed by atoms with Gasteiger partial charge in [0.15, 0.2) is 0 Å². The fourth-order valence-corrected chi connectivity index (χ4v) is 5.69. The van der Waals surface area contributed by atoms with E-state index in [4.69, 9.17) is 4.74 Å². The molecule has 4 aliphatic heterocycles. The van der Waals surface area contributed by atoms with E-state index in [1.165, 1.54) is 0 Å². The Balaban J connectivity index is 1.23. The van der Waals surface area contributed by atoms with Crippen LogP contribution in [-0.2, 0) is 11.3 Å². The molecule has 0 unspecified atom stereocenters. The van der Waals surface area contributed by atoms with E-state index in [1.54, 1.807) is 6.07 Å². The Morgan fingerprint density at radius 1 is 1.10 bits per heavy atom. The second-order valence-corrected chi connectivity index (χ2v) is 9.17. The Kier molecular flexibility index (Phi) is 5.45. The standard InChI is InChI=1S/C22H32N4O3/c27-21(24-17-3-7-25(8-4-17)18-5-9-29-10-6-18)19-1-2-20-16-11-15(12-23-13-16)14-26(20)22(19)28/h1-2,15-18,23H,3-14H2,(H,24,27)/t15-,16+/m0/s1. The average molecular weight is 401 g/mol. The molecule has 29 heavy (non-hydrogen) atoms. The number of nitrogens with zero attached hydrogens (tertiary/aromatic N) is 2. The monoisotopic (exact) mass is 400 g/mol. The normalized spacial score (nSPS) is 28.7. The molecule has 0 saturated carbocycles. The molecule has 0 aromatic carbocycles. The smallest absolute Gasteiger partial charge is 0.263 e. The molecule has 0 spiro atoms. The highest BCUT2D eigenvalue weighted by molar-refractivity contribution is 5.94. The zero-order valence-electron chi connectivity index (χ0n) is 17.1. The van der Waals surface area contributed by atoms with E-state index >= 15 is 0 Å². The number of fused-ring (bicyclic) bond motifs is 4. The number of aromatic nitrogens is 1. The first-order valence-corrected chi connectivity index (χ1v) is 11.3. The molecule has 2 bridgehead atoms. The first-order valence-electron chi connectivity index (χ1n) is 11.3. The van der Waals surface area contributed by atoms with Crippen LogP contribution < -0.4 is 16.2 Å². The summed E-state index contributed by atoms with van der Waals surface area (Å²) in [6.07, 6.45) is 5.26. The van der Waals surface area contributed by atoms with Gasteiger partial charge in [-0.2, -0.15) is 0 Å². The molecule has 2 N–H and O–H groups in total. The minimum atomic E-state index is -0.205. The molecule has 2 atom stereocenters. The Hall–Kier alpha value is -1.70. The molecule has 0 aliphatic carbocycles. The van der Waals surface area contributed by atoms with Crippen molar-refractivity contribution in [1.82, 2.24) is 20.1 Å². The van der Waals surface area contributed by atoms with Crippen LogP contribution in [0.2, 0.25) is 0 Å². The first-order chi connectivity index (χ1) is 14.2. The van der Waals surface area contributed by atoms with Crippen LogP contribution in [0.15, 0.2) is 16.9 Å². The fraction of sp³-hybridized carbons (Fsp3) is 0.727. The minimum Gasteiger partial charge on any atom is -0.381 e. The summed E-state index contributed by atoms with van der Waals surface area (Å²) in [5, 5.41) is 6.60. The lowest BCUT2D eigenvalue weighted by Crippen LogP contribution is -2.50. The zero-order chi connectivity index (χ0) is 19.8. The topological polar surface area (TPSA) is 75.6 Å². The Bertz CT molecular complexity index is 809. The molecule has 158 valence electrons. The summed E-state index contributed by atoms with van der Waals surface area (Å²) in [6.45, 7) is 6.35. The van der Waals surface area contributed by atoms with Crippen molar-refractivity contribution >= 4 is 5.91 Å². The second-order valence-electron chi connectivity index (χ2n) is 9.17. The lowest BCUT2D eigenvalue weighted by molar-refractivity contribution is 0.0238. The maximum atomic E-state index is 13.0. The Labute approximate surface area is 171 Å². The van der Waals surface area contributed by atoms with Crippen LogP contribution in [0, 0.1) is 5.92 Å². The van der Waals surface area contributed by atoms with E-state index in [9.17, 15) is 9.59 Å². The maximum absolute atomic E-state index is 13.0. The van der Waals surface area contributed by atoms with Crippen LogP contribution in [0.3, 0.4) is 0 Å². The number of ether oxygens (including phenoxy) is 1. The highest BCUT2D eigenvalue weighted by Crippen LogP contribution is 2.31. The highest BCUT2D eigenvalue weighted by atomic mass is 16.5. The zero-order valence-corrected chi connectivity index (χ0v) is 17.1. The second kappa shape index (κ2) is 8.20. The molecule has 5 rings (SSSR count). The van der Waals surface area contributed by atoms with Gasteiger partial charge in [-0.3, -0.25) is 9.59 Å². The van der Waals surface area contributed by atoms with Crippen molar-refractivity contribution < 1.29 is 9.53 Å². The van der Waals surface area contributed by atoms with Gasteiger partial charge in [-0.05, 0) is 56.7 Å². The van der Waals surface area contributed by atoms with Crippen molar-refractivity contribution in [1.29, 1.82) is 0 Å². The van der Waals surface area contributed by atoms with Gasteiger partial charge in [0, 0.05) is 63.1 Å². The van der Waals surface area contributed by atoms with E-state index in [0.717, 1.165) is 83.7 Å². The molecule has 5 heterocycles. The van der Waals surface area contributed by atoms with Crippen molar-refractivity contribution in [3.05, 3.63) is 33.7 Å². The van der Waals surface area contributed by atoms with Crippen LogP contribution in [0.4, 0.5) is 0 Å². The average Bonchev–Trinajstić information content (AvgIpc) is 2.76. The largest absolute Gasteiger partial charge is 0.381 e. The molecular weight excluding hydrogens is 368 g/mol. The molecule has 3 fully saturated rings. The van der Waals surface area contributed by atoms with E-state index in [2.05, 4.69) is 15.5 Å². The fourth-order valence-electron chi connectivity index (χ4n) is 5.69. The number of rotatable bonds is 3. The molecule has 7 heteroatoms. The van der Waals surface area contributed by atoms with Crippen LogP contribution in [0.25, 0.3) is 0 Å². The van der Waals surface area contributed by atoms with Gasteiger partial charge in [0.25, 0.3) is 11.5 Å². The molecule has 1 aromatic rings. The maximum Gasteiger partial charge on any atom is 0.263 e. The highest BCUT2D eigenvalue weighted by Gasteiger charge is 2.32. The van der Waals surface area contributed by atoms with Crippen molar-refractivity contribution in [2.24, 2.45) is 5.92 Å². The Morgan fingerprint density at radius 2 is 1.90 bits per heavy atom. The van der Waals surface area contributed by atoms with Crippen molar-refractivity contribution in [3.8, 4) is 0 Å². The molecule has 7 nitrogen and oxygen atoms in total. The summed E-state index contributed by atoms with van der Waals surface area (Å²) in [5.74, 6) is 0.678. The number of nitrogens with one attached hydrogen (secondary N) is 2. The molecular formula is C22H32N4O3. The summed E-state index contributed by atoms with van der Waals surface area (Å²) in [6, 6.07) is 4.52. The lowest BCUT2D eigenvalue weighted by Gasteiger charge is -2.39. The summed E-state index contributed by atoms with van der Waals surface area (Å²) in [4.78, 5) is 28.5. The third kappa shape index (κ3) is 3.88. The summed E-state index contributed by atoms with van der Waals surface area (Å²) >= 11 is 0. The van der Waals surface area contributed by atoms with Gasteiger partial charge in [0.05, 0.1) is 0 Å². The Morgan fingerprint density at radius 3 is 2.69 bits per heavy atom. The third-order valence-electron chi connectivity index (χ3n) is 7.33. The van der Waals surface area contributed by atoms with Crippen molar-refractivity contribution in [3.63, 3.8) is 0 Å². The molecule has 1 aromatic heterocycles. The molecule has 4 aliphatic rings. The van der Waals surface area contributed by atoms with Gasteiger partial charge in [-0.15, -0.1) is 0 Å². The number of carbonyl (C=O) groups excluding carboxylic acids is 1. The number of amides is 1. The van der Waals surface area contributed by atoms with E-state index in [1.807, 2.05) is 10.6 Å². The molecule has 0 radical (unpaired) electrons. The quantitative estimate of drug-likeness (QED) is 0.790. The van der Waals surface area contributed by atoms with Crippen molar-refractivity contribution in [2.75, 3.05) is 39.4 Å². The summed E-state index contributed by atoms with van der Waals surface area (Å²) < 4.78 is 7.33. The van der Waals surface area contributed by atoms with E-state index < -0.39 is 0 Å². The van der Waals surface area contributed by atoms with E-state index in [0.29, 0.717) is 23.4 Å². The number of hydrogen-bond donors (Lipinski definition) is 2. The van der Waals surface area contributed by atoms with Gasteiger partial charge >= 0.3 is 0 Å². The minimum absolute atomic E-state index is 0.115. The lowest BCUT2D eigenvalue weighted by atomic mass is 9.84.